The maximum absolute atomic E-state index is 5.74. The Labute approximate surface area is 195 Å². The van der Waals surface area contributed by atoms with Crippen LogP contribution in [0.1, 0.15) is 30.1 Å². The van der Waals surface area contributed by atoms with Crippen LogP contribution in [0.25, 0.3) is 0 Å². The van der Waals surface area contributed by atoms with Crippen LogP contribution in [0.15, 0.2) is 35.3 Å². The largest absolute Gasteiger partial charge is 0.381 e. The zero-order chi connectivity index (χ0) is 20.3. The second-order valence-corrected chi connectivity index (χ2v) is 7.14. The standard InChI is InChI=1S/C21H32N6O2.HI/c1-22-21(23-12-6-13-29-14-11-17-7-4-3-5-8-17)24-18-9-10-20-25-19(16-28-2)26-27(20)15-18;/h3-5,7-8,18H,6,9-16H2,1-2H3,(H2,22,23,24);1H. The molecule has 166 valence electrons. The Bertz CT molecular complexity index is 768. The molecule has 2 aromatic rings. The van der Waals surface area contributed by atoms with Crippen molar-refractivity contribution in [2.75, 3.05) is 33.9 Å². The molecule has 0 saturated carbocycles. The molecule has 0 bridgehead atoms. The zero-order valence-corrected chi connectivity index (χ0v) is 20.2. The average Bonchev–Trinajstić information content (AvgIpc) is 3.15. The molecule has 1 aliphatic rings. The number of hydrogen-bond donors (Lipinski definition) is 2. The number of aromatic nitrogens is 3. The number of aliphatic imine (C=N–C) groups is 1. The van der Waals surface area contributed by atoms with E-state index in [2.05, 4.69) is 50.0 Å². The number of fused-ring (bicyclic) bond motifs is 1. The lowest BCUT2D eigenvalue weighted by atomic mass is 10.1. The smallest absolute Gasteiger partial charge is 0.191 e. The molecule has 0 amide bonds. The van der Waals surface area contributed by atoms with Gasteiger partial charge in [0.2, 0.25) is 0 Å². The molecule has 30 heavy (non-hydrogen) atoms. The topological polar surface area (TPSA) is 85.6 Å². The van der Waals surface area contributed by atoms with Gasteiger partial charge in [-0.25, -0.2) is 9.67 Å². The maximum atomic E-state index is 5.74. The number of aryl methyl sites for hydroxylation is 1. The van der Waals surface area contributed by atoms with E-state index in [4.69, 9.17) is 9.47 Å². The molecule has 0 aliphatic carbocycles. The molecular weight excluding hydrogens is 495 g/mol. The summed E-state index contributed by atoms with van der Waals surface area (Å²) < 4.78 is 12.8. The molecular formula is C21H33IN6O2. The summed E-state index contributed by atoms with van der Waals surface area (Å²) in [5.74, 6) is 2.60. The van der Waals surface area contributed by atoms with Gasteiger partial charge < -0.3 is 20.1 Å². The Hall–Kier alpha value is -1.72. The minimum absolute atomic E-state index is 0. The van der Waals surface area contributed by atoms with Crippen LogP contribution in [0.2, 0.25) is 0 Å². The highest BCUT2D eigenvalue weighted by molar-refractivity contribution is 14.0. The van der Waals surface area contributed by atoms with E-state index >= 15 is 0 Å². The number of rotatable bonds is 10. The van der Waals surface area contributed by atoms with Crippen molar-refractivity contribution >= 4 is 29.9 Å². The number of methoxy groups -OCH3 is 1. The normalized spacial score (nSPS) is 15.9. The maximum Gasteiger partial charge on any atom is 0.191 e. The van der Waals surface area contributed by atoms with E-state index in [-0.39, 0.29) is 30.0 Å². The van der Waals surface area contributed by atoms with Crippen molar-refractivity contribution in [1.29, 1.82) is 0 Å². The van der Waals surface area contributed by atoms with E-state index < -0.39 is 0 Å². The molecule has 0 fully saturated rings. The van der Waals surface area contributed by atoms with Crippen molar-refractivity contribution in [1.82, 2.24) is 25.4 Å². The Morgan fingerprint density at radius 2 is 2.10 bits per heavy atom. The number of ether oxygens (including phenoxy) is 2. The van der Waals surface area contributed by atoms with Crippen LogP contribution in [0.3, 0.4) is 0 Å². The highest BCUT2D eigenvalue weighted by Gasteiger charge is 2.22. The van der Waals surface area contributed by atoms with E-state index in [0.717, 1.165) is 69.6 Å². The van der Waals surface area contributed by atoms with Gasteiger partial charge in [-0.05, 0) is 24.8 Å². The first-order chi connectivity index (χ1) is 14.3. The fraction of sp³-hybridized carbons (Fsp3) is 0.571. The van der Waals surface area contributed by atoms with E-state index in [1.807, 2.05) is 10.7 Å². The molecule has 0 saturated heterocycles. The summed E-state index contributed by atoms with van der Waals surface area (Å²) in [6.45, 7) is 3.56. The van der Waals surface area contributed by atoms with Crippen LogP contribution in [-0.4, -0.2) is 60.7 Å². The van der Waals surface area contributed by atoms with Crippen molar-refractivity contribution in [3.8, 4) is 0 Å². The van der Waals surface area contributed by atoms with Gasteiger partial charge >= 0.3 is 0 Å². The van der Waals surface area contributed by atoms with Gasteiger partial charge in [0, 0.05) is 39.8 Å². The van der Waals surface area contributed by atoms with Crippen molar-refractivity contribution in [2.45, 2.75) is 44.9 Å². The molecule has 0 radical (unpaired) electrons. The number of nitrogens with one attached hydrogen (secondary N) is 2. The molecule has 1 unspecified atom stereocenters. The van der Waals surface area contributed by atoms with Gasteiger partial charge in [-0.3, -0.25) is 4.99 Å². The summed E-state index contributed by atoms with van der Waals surface area (Å²) in [5, 5.41) is 11.4. The summed E-state index contributed by atoms with van der Waals surface area (Å²) in [5.41, 5.74) is 1.31. The van der Waals surface area contributed by atoms with Crippen LogP contribution in [0, 0.1) is 0 Å². The van der Waals surface area contributed by atoms with Gasteiger partial charge in [0.1, 0.15) is 12.4 Å². The number of guanidine groups is 1. The SMILES string of the molecule is CN=C(NCCCOCCc1ccccc1)NC1CCc2nc(COC)nn2C1.I. The highest BCUT2D eigenvalue weighted by atomic mass is 127. The first kappa shape index (κ1) is 24.5. The lowest BCUT2D eigenvalue weighted by Crippen LogP contribution is -2.47. The quantitative estimate of drug-likeness (QED) is 0.213. The molecule has 3 rings (SSSR count). The van der Waals surface area contributed by atoms with Gasteiger partial charge in [0.15, 0.2) is 11.8 Å². The lowest BCUT2D eigenvalue weighted by molar-refractivity contribution is 0.135. The number of benzene rings is 1. The second kappa shape index (κ2) is 13.6. The number of halogens is 1. The summed E-state index contributed by atoms with van der Waals surface area (Å²) in [6, 6.07) is 10.7. The van der Waals surface area contributed by atoms with Crippen molar-refractivity contribution in [2.24, 2.45) is 4.99 Å². The van der Waals surface area contributed by atoms with Crippen LogP contribution in [-0.2, 0) is 35.5 Å². The molecule has 9 heteroatoms. The van der Waals surface area contributed by atoms with Gasteiger partial charge in [0.05, 0.1) is 13.2 Å². The fourth-order valence-electron chi connectivity index (χ4n) is 3.37. The van der Waals surface area contributed by atoms with Crippen LogP contribution in [0.4, 0.5) is 0 Å². The van der Waals surface area contributed by atoms with E-state index in [1.165, 1.54) is 5.56 Å². The molecule has 1 aromatic carbocycles. The van der Waals surface area contributed by atoms with Gasteiger partial charge in [0.25, 0.3) is 0 Å². The summed E-state index contributed by atoms with van der Waals surface area (Å²) in [4.78, 5) is 8.85. The van der Waals surface area contributed by atoms with Gasteiger partial charge in [-0.2, -0.15) is 5.10 Å². The average molecular weight is 528 g/mol. The summed E-state index contributed by atoms with van der Waals surface area (Å²) in [7, 11) is 3.46. The molecule has 2 heterocycles. The summed E-state index contributed by atoms with van der Waals surface area (Å²) in [6.07, 6.45) is 3.80. The van der Waals surface area contributed by atoms with Gasteiger partial charge in [-0.1, -0.05) is 30.3 Å². The molecule has 8 nitrogen and oxygen atoms in total. The van der Waals surface area contributed by atoms with E-state index in [1.54, 1.807) is 14.2 Å². The number of nitrogens with zero attached hydrogens (tertiary/aromatic N) is 4. The first-order valence-corrected chi connectivity index (χ1v) is 10.3. The van der Waals surface area contributed by atoms with E-state index in [9.17, 15) is 0 Å². The molecule has 1 atom stereocenters. The third kappa shape index (κ3) is 7.84. The lowest BCUT2D eigenvalue weighted by Gasteiger charge is -2.25. The predicted molar refractivity (Wildman–Crippen MR) is 128 cm³/mol. The Morgan fingerprint density at radius 3 is 2.87 bits per heavy atom. The monoisotopic (exact) mass is 528 g/mol. The third-order valence-electron chi connectivity index (χ3n) is 4.88. The Kier molecular flexibility index (Phi) is 11.1. The molecule has 2 N–H and O–H groups in total. The van der Waals surface area contributed by atoms with Gasteiger partial charge in [-0.15, -0.1) is 24.0 Å². The number of hydrogen-bond acceptors (Lipinski definition) is 5. The van der Waals surface area contributed by atoms with E-state index in [0.29, 0.717) is 6.61 Å². The molecule has 0 spiro atoms. The Morgan fingerprint density at radius 1 is 1.27 bits per heavy atom. The van der Waals surface area contributed by atoms with Crippen LogP contribution < -0.4 is 10.6 Å². The minimum Gasteiger partial charge on any atom is -0.381 e. The van der Waals surface area contributed by atoms with Crippen molar-refractivity contribution in [3.63, 3.8) is 0 Å². The Balaban J connectivity index is 0.00000320. The van der Waals surface area contributed by atoms with Crippen LogP contribution in [0.5, 0.6) is 0 Å². The predicted octanol–water partition coefficient (Wildman–Crippen LogP) is 2.17. The molecule has 1 aliphatic heterocycles. The third-order valence-corrected chi connectivity index (χ3v) is 4.88. The molecule has 1 aromatic heterocycles. The summed E-state index contributed by atoms with van der Waals surface area (Å²) >= 11 is 0. The fourth-order valence-corrected chi connectivity index (χ4v) is 3.37. The van der Waals surface area contributed by atoms with Crippen LogP contribution >= 0.6 is 24.0 Å². The highest BCUT2D eigenvalue weighted by Crippen LogP contribution is 2.13. The minimum atomic E-state index is 0. The second-order valence-electron chi connectivity index (χ2n) is 7.14. The van der Waals surface area contributed by atoms with Crippen molar-refractivity contribution in [3.05, 3.63) is 47.5 Å². The zero-order valence-electron chi connectivity index (χ0n) is 17.8. The van der Waals surface area contributed by atoms with Crippen molar-refractivity contribution < 1.29 is 9.47 Å². The first-order valence-electron chi connectivity index (χ1n) is 10.3.